The van der Waals surface area contributed by atoms with E-state index in [4.69, 9.17) is 4.74 Å². The molecule has 0 amide bonds. The van der Waals surface area contributed by atoms with Crippen LogP contribution in [0.5, 0.6) is 0 Å². The van der Waals surface area contributed by atoms with Gasteiger partial charge >= 0.3 is 5.97 Å². The Kier molecular flexibility index (Phi) is 7.09. The van der Waals surface area contributed by atoms with Crippen LogP contribution in [-0.4, -0.2) is 30.4 Å². The predicted molar refractivity (Wildman–Crippen MR) is 144 cm³/mol. The summed E-state index contributed by atoms with van der Waals surface area (Å²) in [6.07, 6.45) is 0.106. The van der Waals surface area contributed by atoms with E-state index in [1.54, 1.807) is 60.7 Å². The second-order valence-electron chi connectivity index (χ2n) is 9.40. The van der Waals surface area contributed by atoms with E-state index in [0.29, 0.717) is 22.3 Å². The minimum Gasteiger partial charge on any atom is -0.465 e. The maximum Gasteiger partial charge on any atom is 0.337 e. The summed E-state index contributed by atoms with van der Waals surface area (Å²) in [5, 5.41) is 0. The molecule has 0 saturated heterocycles. The second kappa shape index (κ2) is 10.8. The Morgan fingerprint density at radius 3 is 1.68 bits per heavy atom. The van der Waals surface area contributed by atoms with Crippen molar-refractivity contribution in [3.8, 4) is 0 Å². The molecule has 3 atom stereocenters. The molecule has 0 unspecified atom stereocenters. The number of esters is 1. The smallest absolute Gasteiger partial charge is 0.337 e. The lowest BCUT2D eigenvalue weighted by Crippen LogP contribution is -2.29. The maximum atomic E-state index is 14.1. The van der Waals surface area contributed by atoms with Crippen LogP contribution in [0.2, 0.25) is 0 Å². The quantitative estimate of drug-likeness (QED) is 0.208. The van der Waals surface area contributed by atoms with Crippen LogP contribution in [0.3, 0.4) is 0 Å². The van der Waals surface area contributed by atoms with Crippen molar-refractivity contribution < 1.29 is 23.9 Å². The minimum absolute atomic E-state index is 0.0770. The van der Waals surface area contributed by atoms with Gasteiger partial charge in [0.15, 0.2) is 17.3 Å². The number of hydrogen-bond acceptors (Lipinski definition) is 5. The zero-order valence-electron chi connectivity index (χ0n) is 20.9. The number of ketones is 3. The molecule has 188 valence electrons. The first-order valence-corrected chi connectivity index (χ1v) is 12.5. The average molecular weight is 503 g/mol. The van der Waals surface area contributed by atoms with E-state index in [0.717, 1.165) is 11.1 Å². The first-order chi connectivity index (χ1) is 18.5. The number of ether oxygens (including phenoxy) is 1. The van der Waals surface area contributed by atoms with Gasteiger partial charge in [0, 0.05) is 34.9 Å². The highest BCUT2D eigenvalue weighted by Crippen LogP contribution is 2.51. The fraction of sp³-hybridized carbons (Fsp3) is 0.152. The van der Waals surface area contributed by atoms with Crippen molar-refractivity contribution >= 4 is 23.3 Å². The molecule has 5 heteroatoms. The highest BCUT2D eigenvalue weighted by Gasteiger charge is 2.48. The molecule has 0 aliphatic heterocycles. The Morgan fingerprint density at radius 1 is 0.579 bits per heavy atom. The molecule has 0 radical (unpaired) electrons. The molecule has 1 aliphatic rings. The van der Waals surface area contributed by atoms with Crippen molar-refractivity contribution in [1.82, 2.24) is 0 Å². The lowest BCUT2D eigenvalue weighted by atomic mass is 9.76. The number of benzene rings is 4. The largest absolute Gasteiger partial charge is 0.465 e. The van der Waals surface area contributed by atoms with Gasteiger partial charge in [0.25, 0.3) is 0 Å². The molecule has 0 bridgehead atoms. The van der Waals surface area contributed by atoms with Crippen molar-refractivity contribution in [3.63, 3.8) is 0 Å². The highest BCUT2D eigenvalue weighted by atomic mass is 16.5. The van der Waals surface area contributed by atoms with E-state index in [2.05, 4.69) is 0 Å². The summed E-state index contributed by atoms with van der Waals surface area (Å²) in [5.74, 6) is -2.95. The standard InChI is InChI=1S/C33H26O5/c1-38-33(37)24-18-16-23(17-19-24)32(36)29-26-15-9-8-14-25(26)27(20-28(34)21-10-4-2-5-11-21)30(29)31(35)22-12-6-3-7-13-22/h2-19,27,29-30H,20H2,1H3/t27-,29-,30-/m1/s1. The van der Waals surface area contributed by atoms with Crippen LogP contribution < -0.4 is 0 Å². The van der Waals surface area contributed by atoms with Crippen LogP contribution in [0.1, 0.15) is 70.8 Å². The molecule has 4 aromatic carbocycles. The topological polar surface area (TPSA) is 77.5 Å². The van der Waals surface area contributed by atoms with Crippen LogP contribution >= 0.6 is 0 Å². The molecule has 4 aromatic rings. The summed E-state index contributed by atoms with van der Waals surface area (Å²) in [5.41, 5.74) is 3.40. The zero-order valence-corrected chi connectivity index (χ0v) is 20.9. The number of hydrogen-bond donors (Lipinski definition) is 0. The van der Waals surface area contributed by atoms with Crippen LogP contribution in [0, 0.1) is 5.92 Å². The van der Waals surface area contributed by atoms with Gasteiger partial charge in [-0.25, -0.2) is 4.79 Å². The van der Waals surface area contributed by atoms with Crippen LogP contribution in [0.4, 0.5) is 0 Å². The summed E-state index contributed by atoms with van der Waals surface area (Å²) in [6, 6.07) is 31.7. The van der Waals surface area contributed by atoms with E-state index >= 15 is 0 Å². The summed E-state index contributed by atoms with van der Waals surface area (Å²) in [4.78, 5) is 53.3. The van der Waals surface area contributed by atoms with Crippen LogP contribution in [0.15, 0.2) is 109 Å². The maximum absolute atomic E-state index is 14.1. The van der Waals surface area contributed by atoms with Gasteiger partial charge in [-0.15, -0.1) is 0 Å². The summed E-state index contributed by atoms with van der Waals surface area (Å²) >= 11 is 0. The van der Waals surface area contributed by atoms with Gasteiger partial charge in [-0.1, -0.05) is 97.1 Å². The summed E-state index contributed by atoms with van der Waals surface area (Å²) in [6.45, 7) is 0. The van der Waals surface area contributed by atoms with Crippen molar-refractivity contribution in [2.24, 2.45) is 5.92 Å². The van der Waals surface area contributed by atoms with E-state index in [9.17, 15) is 19.2 Å². The third kappa shape index (κ3) is 4.71. The van der Waals surface area contributed by atoms with E-state index in [-0.39, 0.29) is 23.8 Å². The van der Waals surface area contributed by atoms with E-state index < -0.39 is 23.7 Å². The second-order valence-corrected chi connectivity index (χ2v) is 9.40. The Hall–Kier alpha value is -4.64. The average Bonchev–Trinajstić information content (AvgIpc) is 3.30. The predicted octanol–water partition coefficient (Wildman–Crippen LogP) is 6.31. The van der Waals surface area contributed by atoms with E-state index in [1.807, 2.05) is 48.5 Å². The van der Waals surface area contributed by atoms with Gasteiger partial charge in [0.05, 0.1) is 18.6 Å². The molecule has 5 rings (SSSR count). The number of Topliss-reactive ketones (excluding diaryl/α,β-unsaturated/α-hetero) is 3. The molecule has 38 heavy (non-hydrogen) atoms. The van der Waals surface area contributed by atoms with Gasteiger partial charge in [-0.2, -0.15) is 0 Å². The number of methoxy groups -OCH3 is 1. The van der Waals surface area contributed by atoms with Crippen molar-refractivity contribution in [3.05, 3.63) is 143 Å². The van der Waals surface area contributed by atoms with Gasteiger partial charge in [-0.3, -0.25) is 14.4 Å². The molecular formula is C33H26O5. The first-order valence-electron chi connectivity index (χ1n) is 12.5. The third-order valence-electron chi connectivity index (χ3n) is 7.26. The number of fused-ring (bicyclic) bond motifs is 1. The molecule has 0 aromatic heterocycles. The molecule has 0 spiro atoms. The van der Waals surface area contributed by atoms with Crippen LogP contribution in [-0.2, 0) is 4.74 Å². The number of carbonyl (C=O) groups is 4. The first kappa shape index (κ1) is 25.0. The molecule has 1 aliphatic carbocycles. The van der Waals surface area contributed by atoms with Crippen molar-refractivity contribution in [2.45, 2.75) is 18.3 Å². The molecular weight excluding hydrogens is 476 g/mol. The number of rotatable bonds is 8. The van der Waals surface area contributed by atoms with E-state index in [1.165, 1.54) is 7.11 Å². The zero-order chi connectivity index (χ0) is 26.6. The number of carbonyl (C=O) groups excluding carboxylic acids is 4. The Bertz CT molecular complexity index is 1490. The molecule has 5 nitrogen and oxygen atoms in total. The minimum atomic E-state index is -0.767. The lowest BCUT2D eigenvalue weighted by molar-refractivity contribution is 0.0600. The van der Waals surface area contributed by atoms with Crippen molar-refractivity contribution in [2.75, 3.05) is 7.11 Å². The van der Waals surface area contributed by atoms with Gasteiger partial charge in [0.2, 0.25) is 0 Å². The summed E-state index contributed by atoms with van der Waals surface area (Å²) < 4.78 is 4.77. The Morgan fingerprint density at radius 2 is 1.08 bits per heavy atom. The Labute approximate surface area is 221 Å². The van der Waals surface area contributed by atoms with Gasteiger partial charge in [0.1, 0.15) is 0 Å². The molecule has 0 N–H and O–H groups in total. The monoisotopic (exact) mass is 502 g/mol. The molecule has 0 heterocycles. The third-order valence-corrected chi connectivity index (χ3v) is 7.26. The highest BCUT2D eigenvalue weighted by molar-refractivity contribution is 6.10. The molecule has 0 saturated carbocycles. The van der Waals surface area contributed by atoms with Gasteiger partial charge in [-0.05, 0) is 23.3 Å². The van der Waals surface area contributed by atoms with Gasteiger partial charge < -0.3 is 4.74 Å². The normalized spacial score (nSPS) is 17.9. The fourth-order valence-corrected chi connectivity index (χ4v) is 5.43. The lowest BCUT2D eigenvalue weighted by Gasteiger charge is -2.24. The Balaban J connectivity index is 1.59. The SMILES string of the molecule is COC(=O)c1ccc(C(=O)[C@@H]2c3ccccc3[C@@H](CC(=O)c3ccccc3)[C@H]2C(=O)c2ccccc2)cc1. The summed E-state index contributed by atoms with van der Waals surface area (Å²) in [7, 11) is 1.30. The van der Waals surface area contributed by atoms with Crippen molar-refractivity contribution in [1.29, 1.82) is 0 Å². The fourth-order valence-electron chi connectivity index (χ4n) is 5.43. The molecule has 0 fully saturated rings. The van der Waals surface area contributed by atoms with Crippen LogP contribution in [0.25, 0.3) is 0 Å².